The van der Waals surface area contributed by atoms with E-state index in [-0.39, 0.29) is 5.71 Å². The summed E-state index contributed by atoms with van der Waals surface area (Å²) in [4.78, 5) is 11.2. The number of nitrogens with one attached hydrogen (secondary N) is 1. The van der Waals surface area contributed by atoms with Crippen molar-refractivity contribution >= 4 is 29.0 Å². The average Bonchev–Trinajstić information content (AvgIpc) is 2.28. The third-order valence-electron chi connectivity index (χ3n) is 1.77. The van der Waals surface area contributed by atoms with Crippen LogP contribution in [0.1, 0.15) is 13.8 Å². The standard InChI is InChI=1S/C11H13ClN2O2/c1-3-16-11(15)8(2)13-14-10-6-4-9(12)5-7-10/h4-7,14H,3H2,1-2H3/b13-8+. The molecule has 1 N–H and O–H groups in total. The lowest BCUT2D eigenvalue weighted by molar-refractivity contribution is -0.135. The highest BCUT2D eigenvalue weighted by Crippen LogP contribution is 2.13. The van der Waals surface area contributed by atoms with Crippen molar-refractivity contribution in [2.24, 2.45) is 5.10 Å². The Hall–Kier alpha value is -1.55. The van der Waals surface area contributed by atoms with Crippen LogP contribution in [0.5, 0.6) is 0 Å². The van der Waals surface area contributed by atoms with Crippen molar-refractivity contribution in [3.63, 3.8) is 0 Å². The van der Waals surface area contributed by atoms with Gasteiger partial charge in [0.2, 0.25) is 0 Å². The van der Waals surface area contributed by atoms with Gasteiger partial charge in [-0.25, -0.2) is 4.79 Å². The molecule has 0 aliphatic carbocycles. The van der Waals surface area contributed by atoms with E-state index in [9.17, 15) is 4.79 Å². The largest absolute Gasteiger partial charge is 0.461 e. The van der Waals surface area contributed by atoms with E-state index in [0.717, 1.165) is 5.69 Å². The minimum Gasteiger partial charge on any atom is -0.461 e. The van der Waals surface area contributed by atoms with Gasteiger partial charge in [0.1, 0.15) is 5.71 Å². The molecule has 86 valence electrons. The summed E-state index contributed by atoms with van der Waals surface area (Å²) in [6.45, 7) is 3.67. The first-order chi connectivity index (χ1) is 7.63. The molecule has 0 spiro atoms. The Balaban J connectivity index is 2.58. The SMILES string of the molecule is CCOC(=O)/C(C)=N/Nc1ccc(Cl)cc1. The summed E-state index contributed by atoms with van der Waals surface area (Å²) in [5.74, 6) is -0.427. The number of hydrogen-bond acceptors (Lipinski definition) is 4. The van der Waals surface area contributed by atoms with E-state index in [0.29, 0.717) is 11.6 Å². The van der Waals surface area contributed by atoms with Crippen molar-refractivity contribution < 1.29 is 9.53 Å². The zero-order valence-corrected chi connectivity index (χ0v) is 9.91. The molecule has 0 saturated heterocycles. The van der Waals surface area contributed by atoms with E-state index in [1.165, 1.54) is 0 Å². The van der Waals surface area contributed by atoms with Gasteiger partial charge >= 0.3 is 5.97 Å². The van der Waals surface area contributed by atoms with Crippen LogP contribution < -0.4 is 5.43 Å². The minimum atomic E-state index is -0.427. The van der Waals surface area contributed by atoms with Crippen LogP contribution in [-0.2, 0) is 9.53 Å². The molecule has 0 amide bonds. The van der Waals surface area contributed by atoms with Gasteiger partial charge in [-0.2, -0.15) is 5.10 Å². The third kappa shape index (κ3) is 3.90. The van der Waals surface area contributed by atoms with Gasteiger partial charge in [0.25, 0.3) is 0 Å². The summed E-state index contributed by atoms with van der Waals surface area (Å²) in [5, 5.41) is 4.54. The van der Waals surface area contributed by atoms with Crippen LogP contribution in [0, 0.1) is 0 Å². The zero-order valence-electron chi connectivity index (χ0n) is 9.16. The first kappa shape index (κ1) is 12.5. The molecule has 0 aromatic heterocycles. The number of ether oxygens (including phenoxy) is 1. The third-order valence-corrected chi connectivity index (χ3v) is 2.02. The second-order valence-corrected chi connectivity index (χ2v) is 3.47. The van der Waals surface area contributed by atoms with Crippen LogP contribution in [0.4, 0.5) is 5.69 Å². The Bertz CT molecular complexity index is 387. The lowest BCUT2D eigenvalue weighted by Gasteiger charge is -2.03. The number of rotatable bonds is 4. The first-order valence-corrected chi connectivity index (χ1v) is 5.24. The molecule has 5 heteroatoms. The predicted molar refractivity (Wildman–Crippen MR) is 64.8 cm³/mol. The summed E-state index contributed by atoms with van der Waals surface area (Å²) in [7, 11) is 0. The van der Waals surface area contributed by atoms with Crippen molar-refractivity contribution in [3.8, 4) is 0 Å². The maximum atomic E-state index is 11.2. The van der Waals surface area contributed by atoms with Crippen LogP contribution in [0.2, 0.25) is 5.02 Å². The van der Waals surface area contributed by atoms with Crippen molar-refractivity contribution in [2.75, 3.05) is 12.0 Å². The number of anilines is 1. The highest BCUT2D eigenvalue weighted by Gasteiger charge is 2.05. The zero-order chi connectivity index (χ0) is 12.0. The van der Waals surface area contributed by atoms with Gasteiger partial charge in [0, 0.05) is 5.02 Å². The first-order valence-electron chi connectivity index (χ1n) is 4.86. The van der Waals surface area contributed by atoms with Gasteiger partial charge in [-0.15, -0.1) is 0 Å². The Kier molecular flexibility index (Phi) is 4.79. The molecule has 0 heterocycles. The summed E-state index contributed by atoms with van der Waals surface area (Å²) in [5.41, 5.74) is 3.77. The van der Waals surface area contributed by atoms with Crippen molar-refractivity contribution in [1.82, 2.24) is 0 Å². The molecule has 16 heavy (non-hydrogen) atoms. The quantitative estimate of drug-likeness (QED) is 0.500. The second-order valence-electron chi connectivity index (χ2n) is 3.04. The van der Waals surface area contributed by atoms with Crippen LogP contribution in [0.15, 0.2) is 29.4 Å². The van der Waals surface area contributed by atoms with Gasteiger partial charge in [0.15, 0.2) is 0 Å². The Morgan fingerprint density at radius 2 is 2.06 bits per heavy atom. The molecule has 1 rings (SSSR count). The van der Waals surface area contributed by atoms with Gasteiger partial charge in [-0.05, 0) is 38.1 Å². The number of esters is 1. The number of nitrogens with zero attached hydrogens (tertiary/aromatic N) is 1. The minimum absolute atomic E-state index is 0.275. The summed E-state index contributed by atoms with van der Waals surface area (Å²) < 4.78 is 4.78. The summed E-state index contributed by atoms with van der Waals surface area (Å²) in [6, 6.07) is 7.01. The van der Waals surface area contributed by atoms with E-state index < -0.39 is 5.97 Å². The Morgan fingerprint density at radius 3 is 2.62 bits per heavy atom. The van der Waals surface area contributed by atoms with E-state index in [1.54, 1.807) is 38.1 Å². The van der Waals surface area contributed by atoms with Crippen LogP contribution >= 0.6 is 11.6 Å². The molecule has 0 aliphatic rings. The van der Waals surface area contributed by atoms with Gasteiger partial charge in [-0.1, -0.05) is 11.6 Å². The van der Waals surface area contributed by atoms with E-state index in [1.807, 2.05) is 0 Å². The number of benzene rings is 1. The molecule has 0 fully saturated rings. The van der Waals surface area contributed by atoms with Gasteiger partial charge in [-0.3, -0.25) is 5.43 Å². The monoisotopic (exact) mass is 240 g/mol. The molecule has 0 aliphatic heterocycles. The fraction of sp³-hybridized carbons (Fsp3) is 0.273. The molecule has 4 nitrogen and oxygen atoms in total. The van der Waals surface area contributed by atoms with Crippen LogP contribution in [0.25, 0.3) is 0 Å². The topological polar surface area (TPSA) is 50.7 Å². The lowest BCUT2D eigenvalue weighted by Crippen LogP contribution is -2.15. The highest BCUT2D eigenvalue weighted by atomic mass is 35.5. The fourth-order valence-corrected chi connectivity index (χ4v) is 1.08. The summed E-state index contributed by atoms with van der Waals surface area (Å²) in [6.07, 6.45) is 0. The fourth-order valence-electron chi connectivity index (χ4n) is 0.954. The van der Waals surface area contributed by atoms with Crippen molar-refractivity contribution in [2.45, 2.75) is 13.8 Å². The van der Waals surface area contributed by atoms with Crippen molar-refractivity contribution in [3.05, 3.63) is 29.3 Å². The Labute approximate surface area is 99.2 Å². The second kappa shape index (κ2) is 6.12. The van der Waals surface area contributed by atoms with Gasteiger partial charge < -0.3 is 4.74 Å². The molecule has 0 saturated carbocycles. The smallest absolute Gasteiger partial charge is 0.354 e. The number of halogens is 1. The lowest BCUT2D eigenvalue weighted by atomic mass is 10.3. The number of hydrogen-bond donors (Lipinski definition) is 1. The molecule has 0 unspecified atom stereocenters. The van der Waals surface area contributed by atoms with Crippen molar-refractivity contribution in [1.29, 1.82) is 0 Å². The maximum Gasteiger partial charge on any atom is 0.354 e. The number of carbonyl (C=O) groups excluding carboxylic acids is 1. The normalized spacial score (nSPS) is 11.1. The summed E-state index contributed by atoms with van der Waals surface area (Å²) >= 11 is 5.73. The number of hydrazone groups is 1. The van der Waals surface area contributed by atoms with E-state index in [2.05, 4.69) is 10.5 Å². The number of carbonyl (C=O) groups is 1. The molecule has 1 aromatic carbocycles. The molecule has 1 aromatic rings. The van der Waals surface area contributed by atoms with E-state index >= 15 is 0 Å². The molecular formula is C11H13ClN2O2. The maximum absolute atomic E-state index is 11.2. The highest BCUT2D eigenvalue weighted by molar-refractivity contribution is 6.35. The Morgan fingerprint density at radius 1 is 1.44 bits per heavy atom. The van der Waals surface area contributed by atoms with E-state index in [4.69, 9.17) is 16.3 Å². The molecule has 0 atom stereocenters. The van der Waals surface area contributed by atoms with Gasteiger partial charge in [0.05, 0.1) is 12.3 Å². The predicted octanol–water partition coefficient (Wildman–Crippen LogP) is 2.69. The molecule has 0 bridgehead atoms. The van der Waals surface area contributed by atoms with Crippen LogP contribution in [-0.4, -0.2) is 18.3 Å². The average molecular weight is 241 g/mol. The van der Waals surface area contributed by atoms with Crippen LogP contribution in [0.3, 0.4) is 0 Å². The molecule has 0 radical (unpaired) electrons. The molecular weight excluding hydrogens is 228 g/mol.